The molecule has 14 heteroatoms. The van der Waals surface area contributed by atoms with Gasteiger partial charge in [-0.1, -0.05) is 27.7 Å². The summed E-state index contributed by atoms with van der Waals surface area (Å²) in [6.45, 7) is 4.81. The number of carbonyl (C=O) groups is 6. The Morgan fingerprint density at radius 3 is 1.17 bits per heavy atom. The van der Waals surface area contributed by atoms with E-state index >= 15 is 0 Å². The molecule has 0 spiro atoms. The van der Waals surface area contributed by atoms with Crippen molar-refractivity contribution in [3.05, 3.63) is 0 Å². The van der Waals surface area contributed by atoms with Gasteiger partial charge in [0.2, 0.25) is 11.8 Å². The first-order valence-corrected chi connectivity index (χ1v) is 11.3. The molecule has 2 atom stereocenters. The molecule has 0 aromatic heterocycles. The summed E-state index contributed by atoms with van der Waals surface area (Å²) in [5, 5.41) is 23.4. The van der Waals surface area contributed by atoms with Crippen molar-refractivity contribution in [3.8, 4) is 0 Å². The maximum Gasteiger partial charge on any atom is 0.328 e. The number of carboxylic acids is 2. The number of ether oxygens (including phenoxy) is 2. The van der Waals surface area contributed by atoms with Crippen LogP contribution in [0.5, 0.6) is 0 Å². The monoisotopic (exact) mass is 518 g/mol. The Kier molecular flexibility index (Phi) is 14.9. The average molecular weight is 519 g/mol. The highest BCUT2D eigenvalue weighted by atomic mass is 16.5. The molecule has 0 aromatic rings. The van der Waals surface area contributed by atoms with E-state index in [1.54, 1.807) is 27.7 Å². The number of methoxy groups -OCH3 is 2. The molecule has 0 rings (SSSR count). The third-order valence-electron chi connectivity index (χ3n) is 5.06. The molecule has 2 unspecified atom stereocenters. The first kappa shape index (κ1) is 32.7. The van der Waals surface area contributed by atoms with Gasteiger partial charge in [0.25, 0.3) is 0 Å². The number of rotatable bonds is 17. The summed E-state index contributed by atoms with van der Waals surface area (Å²) in [4.78, 5) is 73.8. The Labute approximate surface area is 210 Å². The van der Waals surface area contributed by atoms with Gasteiger partial charge in [0, 0.05) is 13.1 Å². The van der Waals surface area contributed by atoms with Crippen molar-refractivity contribution in [1.29, 1.82) is 0 Å². The van der Waals surface area contributed by atoms with Gasteiger partial charge in [-0.05, 0) is 11.8 Å². The van der Waals surface area contributed by atoms with E-state index in [-0.39, 0.29) is 24.9 Å². The summed E-state index contributed by atoms with van der Waals surface area (Å²) in [5.74, 6) is -5.55. The van der Waals surface area contributed by atoms with Gasteiger partial charge in [-0.2, -0.15) is 0 Å². The molecule has 0 heterocycles. The third-order valence-corrected chi connectivity index (χ3v) is 5.06. The lowest BCUT2D eigenvalue weighted by atomic mass is 10.0. The Bertz CT molecular complexity index is 723. The molecule has 0 saturated heterocycles. The van der Waals surface area contributed by atoms with Crippen LogP contribution in [0.3, 0.4) is 0 Å². The molecular weight excluding hydrogens is 480 g/mol. The normalized spacial score (nSPS) is 12.8. The highest BCUT2D eigenvalue weighted by Gasteiger charge is 2.28. The molecule has 4 N–H and O–H groups in total. The number of carboxylic acid groups (broad SMARTS) is 2. The zero-order valence-corrected chi connectivity index (χ0v) is 21.6. The minimum Gasteiger partial charge on any atom is -0.480 e. The SMILES string of the molecule is COC(=O)C(NC(=O)CN(CCN(CC(=O)O)CC(=O)NC(C(=O)OC)C(C)C)CC(=O)O)C(C)C. The number of amides is 2. The van der Waals surface area contributed by atoms with Gasteiger partial charge in [0.05, 0.1) is 40.4 Å². The number of hydrogen-bond donors (Lipinski definition) is 4. The average Bonchev–Trinajstić information content (AvgIpc) is 2.77. The van der Waals surface area contributed by atoms with Crippen LogP contribution in [0.25, 0.3) is 0 Å². The summed E-state index contributed by atoms with van der Waals surface area (Å²) in [6.07, 6.45) is 0. The maximum atomic E-state index is 12.5. The Morgan fingerprint density at radius 1 is 0.639 bits per heavy atom. The van der Waals surface area contributed by atoms with Crippen molar-refractivity contribution in [1.82, 2.24) is 20.4 Å². The summed E-state index contributed by atoms with van der Waals surface area (Å²) >= 11 is 0. The molecule has 206 valence electrons. The molecule has 0 aromatic carbocycles. The molecule has 0 aliphatic heterocycles. The highest BCUT2D eigenvalue weighted by Crippen LogP contribution is 2.05. The molecule has 14 nitrogen and oxygen atoms in total. The van der Waals surface area contributed by atoms with Gasteiger partial charge >= 0.3 is 23.9 Å². The van der Waals surface area contributed by atoms with Gasteiger partial charge in [0.1, 0.15) is 12.1 Å². The standard InChI is InChI=1S/C22H38N4O10/c1-13(2)19(21(33)35-5)23-15(27)9-25(11-17(29)30)7-8-26(12-18(31)32)10-16(28)24-20(14(3)4)22(34)36-6/h13-14,19-20H,7-12H2,1-6H3,(H,23,27)(H,24,28)(H,29,30)(H,31,32). The predicted molar refractivity (Wildman–Crippen MR) is 126 cm³/mol. The Morgan fingerprint density at radius 2 is 0.944 bits per heavy atom. The van der Waals surface area contributed by atoms with Crippen molar-refractivity contribution < 1.29 is 48.5 Å². The van der Waals surface area contributed by atoms with E-state index in [0.717, 1.165) is 0 Å². The molecule has 0 aliphatic carbocycles. The van der Waals surface area contributed by atoms with E-state index in [1.807, 2.05) is 0 Å². The largest absolute Gasteiger partial charge is 0.480 e. The van der Waals surface area contributed by atoms with Crippen LogP contribution in [0.1, 0.15) is 27.7 Å². The number of nitrogens with zero attached hydrogens (tertiary/aromatic N) is 2. The van der Waals surface area contributed by atoms with Crippen LogP contribution in [0.2, 0.25) is 0 Å². The van der Waals surface area contributed by atoms with E-state index < -0.39 is 74.0 Å². The van der Waals surface area contributed by atoms with E-state index in [2.05, 4.69) is 20.1 Å². The lowest BCUT2D eigenvalue weighted by Gasteiger charge is -2.27. The van der Waals surface area contributed by atoms with Crippen LogP contribution in [0, 0.1) is 11.8 Å². The van der Waals surface area contributed by atoms with Crippen LogP contribution in [0.15, 0.2) is 0 Å². The van der Waals surface area contributed by atoms with Crippen molar-refractivity contribution >= 4 is 35.7 Å². The van der Waals surface area contributed by atoms with Crippen LogP contribution < -0.4 is 10.6 Å². The molecule has 0 fully saturated rings. The maximum absolute atomic E-state index is 12.5. The molecule has 0 aliphatic rings. The summed E-state index contributed by atoms with van der Waals surface area (Å²) in [6, 6.07) is -1.85. The molecular formula is C22H38N4O10. The minimum atomic E-state index is -1.23. The number of aliphatic carboxylic acids is 2. The molecule has 0 saturated carbocycles. The van der Waals surface area contributed by atoms with Crippen molar-refractivity contribution in [2.24, 2.45) is 11.8 Å². The first-order valence-electron chi connectivity index (χ1n) is 11.3. The summed E-state index contributed by atoms with van der Waals surface area (Å²) in [5.41, 5.74) is 0. The Balaban J connectivity index is 5.31. The number of carbonyl (C=O) groups excluding carboxylic acids is 4. The van der Waals surface area contributed by atoms with Gasteiger partial charge in [-0.15, -0.1) is 0 Å². The van der Waals surface area contributed by atoms with Crippen molar-refractivity contribution in [3.63, 3.8) is 0 Å². The molecule has 0 bridgehead atoms. The zero-order chi connectivity index (χ0) is 28.0. The van der Waals surface area contributed by atoms with Gasteiger partial charge in [0.15, 0.2) is 0 Å². The van der Waals surface area contributed by atoms with Crippen molar-refractivity contribution in [2.75, 3.05) is 53.5 Å². The molecule has 2 amide bonds. The fourth-order valence-corrected chi connectivity index (χ4v) is 3.19. The van der Waals surface area contributed by atoms with Crippen LogP contribution in [-0.4, -0.2) is 121 Å². The second kappa shape index (κ2) is 16.4. The minimum absolute atomic E-state index is 0.0739. The van der Waals surface area contributed by atoms with Gasteiger partial charge < -0.3 is 30.3 Å². The highest BCUT2D eigenvalue weighted by molar-refractivity contribution is 5.86. The summed E-state index contributed by atoms with van der Waals surface area (Å²) in [7, 11) is 2.37. The lowest BCUT2D eigenvalue weighted by molar-refractivity contribution is -0.147. The topological polar surface area (TPSA) is 192 Å². The van der Waals surface area contributed by atoms with E-state index in [9.17, 15) is 39.0 Å². The fourth-order valence-electron chi connectivity index (χ4n) is 3.19. The zero-order valence-electron chi connectivity index (χ0n) is 21.6. The van der Waals surface area contributed by atoms with Gasteiger partial charge in [-0.25, -0.2) is 9.59 Å². The molecule has 0 radical (unpaired) electrons. The van der Waals surface area contributed by atoms with Gasteiger partial charge in [-0.3, -0.25) is 29.0 Å². The number of hydrogen-bond acceptors (Lipinski definition) is 10. The van der Waals surface area contributed by atoms with E-state index in [4.69, 9.17) is 0 Å². The van der Waals surface area contributed by atoms with Crippen LogP contribution >= 0.6 is 0 Å². The number of esters is 2. The second-order valence-corrected chi connectivity index (χ2v) is 8.83. The van der Waals surface area contributed by atoms with E-state index in [1.165, 1.54) is 24.0 Å². The van der Waals surface area contributed by atoms with Crippen molar-refractivity contribution in [2.45, 2.75) is 39.8 Å². The van der Waals surface area contributed by atoms with Crippen LogP contribution in [-0.2, 0) is 38.2 Å². The Hall–Kier alpha value is -3.26. The van der Waals surface area contributed by atoms with E-state index in [0.29, 0.717) is 0 Å². The second-order valence-electron chi connectivity index (χ2n) is 8.83. The smallest absolute Gasteiger partial charge is 0.328 e. The van der Waals surface area contributed by atoms with Crippen LogP contribution in [0.4, 0.5) is 0 Å². The first-order chi connectivity index (χ1) is 16.7. The third kappa shape index (κ3) is 13.0. The fraction of sp³-hybridized carbons (Fsp3) is 0.727. The number of nitrogens with one attached hydrogen (secondary N) is 2. The summed E-state index contributed by atoms with van der Waals surface area (Å²) < 4.78 is 9.34. The lowest BCUT2D eigenvalue weighted by Crippen LogP contribution is -2.51. The molecule has 36 heavy (non-hydrogen) atoms. The predicted octanol–water partition coefficient (Wildman–Crippen LogP) is -1.61. The quantitative estimate of drug-likeness (QED) is 0.161.